The van der Waals surface area contributed by atoms with Gasteiger partial charge in [0.05, 0.1) is 0 Å². The second kappa shape index (κ2) is 4.32. The number of hydrogen-bond acceptors (Lipinski definition) is 1. The van der Waals surface area contributed by atoms with E-state index in [0.29, 0.717) is 5.56 Å². The van der Waals surface area contributed by atoms with Gasteiger partial charge in [0.2, 0.25) is 0 Å². The van der Waals surface area contributed by atoms with E-state index in [1.165, 1.54) is 5.54 Å². The molecule has 0 radical (unpaired) electrons. The number of carbonyl (C=O) groups excluding carboxylic acids is 1. The van der Waals surface area contributed by atoms with Crippen LogP contribution in [0.25, 0.3) is 10.9 Å². The van der Waals surface area contributed by atoms with Crippen molar-refractivity contribution in [2.45, 2.75) is 6.54 Å². The Balaban J connectivity index is 2.47. The van der Waals surface area contributed by atoms with Gasteiger partial charge in [-0.3, -0.25) is 4.79 Å². The zero-order valence-corrected chi connectivity index (χ0v) is 8.82. The average molecular weight is 220 g/mol. The normalized spacial score (nSPS) is 11.3. The zero-order valence-electron chi connectivity index (χ0n) is 8.06. The summed E-state index contributed by atoms with van der Waals surface area (Å²) in [5, 5.41) is 1.07. The van der Waals surface area contributed by atoms with E-state index in [9.17, 15) is 4.79 Å². The third kappa shape index (κ3) is 1.95. The molecule has 0 atom stereocenters. The van der Waals surface area contributed by atoms with E-state index in [-0.39, 0.29) is 0 Å². The second-order valence-corrected chi connectivity index (χ2v) is 3.52. The van der Waals surface area contributed by atoms with Crippen molar-refractivity contribution in [1.82, 2.24) is 4.57 Å². The van der Waals surface area contributed by atoms with Crippen molar-refractivity contribution in [3.63, 3.8) is 0 Å². The first-order chi connectivity index (χ1) is 7.35. The number of nitrogens with zero attached hydrogens (tertiary/aromatic N) is 1. The average Bonchev–Trinajstić information content (AvgIpc) is 2.68. The summed E-state index contributed by atoms with van der Waals surface area (Å²) in [4.78, 5) is 10.6. The predicted molar refractivity (Wildman–Crippen MR) is 62.3 cm³/mol. The van der Waals surface area contributed by atoms with Gasteiger partial charge in [0, 0.05) is 34.7 Å². The van der Waals surface area contributed by atoms with Crippen LogP contribution in [0.15, 0.2) is 42.1 Å². The van der Waals surface area contributed by atoms with Crippen molar-refractivity contribution in [3.05, 3.63) is 47.6 Å². The Hall–Kier alpha value is -1.54. The quantitative estimate of drug-likeness (QED) is 0.727. The molecule has 0 unspecified atom stereocenters. The molecule has 0 amide bonds. The second-order valence-electron chi connectivity index (χ2n) is 3.27. The largest absolute Gasteiger partial charge is 0.344 e. The number of aldehydes is 1. The highest BCUT2D eigenvalue weighted by Gasteiger charge is 2.00. The number of fused-ring (bicyclic) bond motifs is 1. The van der Waals surface area contributed by atoms with Gasteiger partial charge in [-0.1, -0.05) is 17.7 Å². The third-order valence-corrected chi connectivity index (χ3v) is 2.50. The number of allylic oxidation sites excluding steroid dienone is 1. The van der Waals surface area contributed by atoms with E-state index in [1.54, 1.807) is 0 Å². The Morgan fingerprint density at radius 2 is 2.20 bits per heavy atom. The number of carbonyl (C=O) groups is 1. The molecule has 0 aliphatic rings. The standard InChI is InChI=1S/C12H10ClNO/c13-5-1-6-14-7-4-11-8-10(9-15)2-3-12(11)14/h1-5,7-9H,6H2/b5-1+. The first-order valence-electron chi connectivity index (χ1n) is 4.64. The molecule has 2 nitrogen and oxygen atoms in total. The highest BCUT2D eigenvalue weighted by atomic mass is 35.5. The summed E-state index contributed by atoms with van der Waals surface area (Å²) in [5.41, 5.74) is 3.31. The van der Waals surface area contributed by atoms with Crippen LogP contribution in [0.5, 0.6) is 0 Å². The molecule has 0 saturated carbocycles. The molecule has 0 N–H and O–H groups in total. The van der Waals surface area contributed by atoms with Crippen molar-refractivity contribution in [1.29, 1.82) is 0 Å². The van der Waals surface area contributed by atoms with Gasteiger partial charge in [0.25, 0.3) is 0 Å². The molecule has 1 aromatic heterocycles. The van der Waals surface area contributed by atoms with E-state index in [2.05, 4.69) is 4.57 Å². The first-order valence-corrected chi connectivity index (χ1v) is 5.08. The van der Waals surface area contributed by atoms with Crippen molar-refractivity contribution in [2.24, 2.45) is 0 Å². The van der Waals surface area contributed by atoms with Crippen LogP contribution in [0.1, 0.15) is 10.4 Å². The molecule has 1 aromatic carbocycles. The lowest BCUT2D eigenvalue weighted by molar-refractivity contribution is 0.112. The summed E-state index contributed by atoms with van der Waals surface area (Å²) in [5.74, 6) is 0. The van der Waals surface area contributed by atoms with Crippen LogP contribution < -0.4 is 0 Å². The summed E-state index contributed by atoms with van der Waals surface area (Å²) in [7, 11) is 0. The summed E-state index contributed by atoms with van der Waals surface area (Å²) >= 11 is 5.48. The lowest BCUT2D eigenvalue weighted by atomic mass is 10.2. The van der Waals surface area contributed by atoms with E-state index in [0.717, 1.165) is 23.7 Å². The summed E-state index contributed by atoms with van der Waals surface area (Å²) < 4.78 is 2.07. The number of rotatable bonds is 3. The van der Waals surface area contributed by atoms with Crippen LogP contribution in [0.2, 0.25) is 0 Å². The van der Waals surface area contributed by atoms with Crippen LogP contribution >= 0.6 is 11.6 Å². The van der Waals surface area contributed by atoms with Crippen LogP contribution in [0.4, 0.5) is 0 Å². The molecule has 2 aromatic rings. The fourth-order valence-electron chi connectivity index (χ4n) is 1.60. The Bertz CT molecular complexity index is 513. The van der Waals surface area contributed by atoms with E-state index < -0.39 is 0 Å². The number of benzene rings is 1. The van der Waals surface area contributed by atoms with Crippen molar-refractivity contribution >= 4 is 28.8 Å². The molecule has 0 saturated heterocycles. The first kappa shape index (κ1) is 9.99. The van der Waals surface area contributed by atoms with Crippen molar-refractivity contribution < 1.29 is 4.79 Å². The highest BCUT2D eigenvalue weighted by molar-refractivity contribution is 6.25. The van der Waals surface area contributed by atoms with E-state index in [1.807, 2.05) is 36.5 Å². The van der Waals surface area contributed by atoms with E-state index in [4.69, 9.17) is 11.6 Å². The third-order valence-electron chi connectivity index (χ3n) is 2.32. The minimum absolute atomic E-state index is 0.702. The molecule has 0 spiro atoms. The van der Waals surface area contributed by atoms with Gasteiger partial charge in [-0.25, -0.2) is 0 Å². The van der Waals surface area contributed by atoms with Gasteiger partial charge in [-0.05, 0) is 24.3 Å². The van der Waals surface area contributed by atoms with Crippen molar-refractivity contribution in [2.75, 3.05) is 0 Å². The van der Waals surface area contributed by atoms with Crippen molar-refractivity contribution in [3.8, 4) is 0 Å². The fourth-order valence-corrected chi connectivity index (χ4v) is 1.68. The van der Waals surface area contributed by atoms with Crippen LogP contribution in [-0.2, 0) is 6.54 Å². The van der Waals surface area contributed by atoms with Gasteiger partial charge >= 0.3 is 0 Å². The Morgan fingerprint density at radius 1 is 1.33 bits per heavy atom. The Kier molecular flexibility index (Phi) is 2.88. The van der Waals surface area contributed by atoms with Gasteiger partial charge in [-0.15, -0.1) is 0 Å². The minimum Gasteiger partial charge on any atom is -0.344 e. The smallest absolute Gasteiger partial charge is 0.150 e. The maximum atomic E-state index is 10.6. The molecule has 76 valence electrons. The molecule has 15 heavy (non-hydrogen) atoms. The predicted octanol–water partition coefficient (Wildman–Crippen LogP) is 3.21. The SMILES string of the molecule is O=Cc1ccc2c(ccn2C/C=C/Cl)c1. The number of aromatic nitrogens is 1. The maximum absolute atomic E-state index is 10.6. The lowest BCUT2D eigenvalue weighted by Gasteiger charge is -2.00. The molecule has 0 aliphatic heterocycles. The summed E-state index contributed by atoms with van der Waals surface area (Å²) in [6.07, 6.45) is 4.71. The van der Waals surface area contributed by atoms with Crippen LogP contribution in [0, 0.1) is 0 Å². The van der Waals surface area contributed by atoms with Crippen LogP contribution in [0.3, 0.4) is 0 Å². The lowest BCUT2D eigenvalue weighted by Crippen LogP contribution is -1.92. The molecule has 2 rings (SSSR count). The minimum atomic E-state index is 0.702. The Morgan fingerprint density at radius 3 is 2.93 bits per heavy atom. The fraction of sp³-hybridized carbons (Fsp3) is 0.0833. The Labute approximate surface area is 92.8 Å². The topological polar surface area (TPSA) is 22.0 Å². The monoisotopic (exact) mass is 219 g/mol. The van der Waals surface area contributed by atoms with Gasteiger partial charge in [0.1, 0.15) is 6.29 Å². The molecule has 0 bridgehead atoms. The number of halogens is 1. The molecule has 1 heterocycles. The molecule has 0 aliphatic carbocycles. The van der Waals surface area contributed by atoms with Crippen LogP contribution in [-0.4, -0.2) is 10.9 Å². The van der Waals surface area contributed by atoms with Gasteiger partial charge < -0.3 is 4.57 Å². The maximum Gasteiger partial charge on any atom is 0.150 e. The molecular weight excluding hydrogens is 210 g/mol. The highest BCUT2D eigenvalue weighted by Crippen LogP contribution is 2.17. The molecular formula is C12H10ClNO. The summed E-state index contributed by atoms with van der Waals surface area (Å²) in [6.45, 7) is 0.743. The number of hydrogen-bond donors (Lipinski definition) is 0. The van der Waals surface area contributed by atoms with Gasteiger partial charge in [0.15, 0.2) is 0 Å². The summed E-state index contributed by atoms with van der Waals surface area (Å²) in [6, 6.07) is 7.63. The molecule has 3 heteroatoms. The van der Waals surface area contributed by atoms with Gasteiger partial charge in [-0.2, -0.15) is 0 Å². The zero-order chi connectivity index (χ0) is 10.7. The van der Waals surface area contributed by atoms with E-state index >= 15 is 0 Å². The molecule has 0 fully saturated rings.